The molecule has 1 aromatic rings. The molecule has 0 radical (unpaired) electrons. The van der Waals surface area contributed by atoms with Crippen LogP contribution >= 0.6 is 11.6 Å². The summed E-state index contributed by atoms with van der Waals surface area (Å²) in [6, 6.07) is 6.99. The predicted octanol–water partition coefficient (Wildman–Crippen LogP) is 2.54. The zero-order valence-electron chi connectivity index (χ0n) is 11.1. The maximum absolute atomic E-state index is 12.1. The zero-order chi connectivity index (χ0) is 14.1. The average molecular weight is 293 g/mol. The number of nitrogens with zero attached hydrogens (tertiary/aromatic N) is 1. The first kappa shape index (κ1) is 13.4. The molecule has 1 heterocycles. The summed E-state index contributed by atoms with van der Waals surface area (Å²) >= 11 is 5.80. The Balaban J connectivity index is 1.54. The molecule has 0 spiro atoms. The minimum Gasteiger partial charge on any atom is -0.342 e. The molecule has 4 nitrogen and oxygen atoms in total. The lowest BCUT2D eigenvalue weighted by atomic mass is 10.2. The lowest BCUT2D eigenvalue weighted by molar-refractivity contribution is -0.133. The van der Waals surface area contributed by atoms with Crippen molar-refractivity contribution in [2.75, 3.05) is 18.4 Å². The highest BCUT2D eigenvalue weighted by Gasteiger charge is 2.49. The molecule has 0 bridgehead atoms. The molecule has 1 N–H and O–H groups in total. The molecular formula is C15H17ClN2O2. The normalized spacial score (nSPS) is 24.6. The number of hydrogen-bond donors (Lipinski definition) is 1. The molecular weight excluding hydrogens is 276 g/mol. The van der Waals surface area contributed by atoms with Crippen LogP contribution in [0.3, 0.4) is 0 Å². The quantitative estimate of drug-likeness (QED) is 0.931. The number of hydrogen-bond acceptors (Lipinski definition) is 2. The third-order valence-electron chi connectivity index (χ3n) is 3.97. The second kappa shape index (κ2) is 5.44. The van der Waals surface area contributed by atoms with Gasteiger partial charge in [0.15, 0.2) is 0 Å². The lowest BCUT2D eigenvalue weighted by Crippen LogP contribution is -2.30. The molecule has 1 aliphatic carbocycles. The van der Waals surface area contributed by atoms with E-state index in [4.69, 9.17) is 11.6 Å². The Bertz CT molecular complexity index is 523. The zero-order valence-corrected chi connectivity index (χ0v) is 11.9. The molecule has 3 rings (SSSR count). The second-order valence-corrected chi connectivity index (χ2v) is 5.91. The molecule has 1 aromatic carbocycles. The monoisotopic (exact) mass is 292 g/mol. The number of nitrogens with one attached hydrogen (secondary N) is 1. The van der Waals surface area contributed by atoms with Crippen LogP contribution in [-0.4, -0.2) is 29.8 Å². The standard InChI is InChI=1S/C15H17ClN2O2/c16-10-3-5-11(6-4-10)17-14(19)12-9-13(12)15(20)18-7-1-2-8-18/h3-6,12-13H,1-2,7-9H2,(H,17,19)/t12-,13?/m1/s1. The molecule has 2 fully saturated rings. The van der Waals surface area contributed by atoms with E-state index in [1.807, 2.05) is 4.90 Å². The van der Waals surface area contributed by atoms with Crippen LogP contribution in [0.25, 0.3) is 0 Å². The number of carbonyl (C=O) groups is 2. The van der Waals surface area contributed by atoms with Crippen LogP contribution in [0.2, 0.25) is 5.02 Å². The third kappa shape index (κ3) is 2.80. The Hall–Kier alpha value is -1.55. The fourth-order valence-corrected chi connectivity index (χ4v) is 2.82. The first-order chi connectivity index (χ1) is 9.65. The van der Waals surface area contributed by atoms with Gasteiger partial charge in [-0.3, -0.25) is 9.59 Å². The Morgan fingerprint density at radius 3 is 2.40 bits per heavy atom. The average Bonchev–Trinajstić information content (AvgIpc) is 3.06. The van der Waals surface area contributed by atoms with Gasteiger partial charge in [-0.2, -0.15) is 0 Å². The lowest BCUT2D eigenvalue weighted by Gasteiger charge is -2.14. The molecule has 20 heavy (non-hydrogen) atoms. The maximum atomic E-state index is 12.1. The van der Waals surface area contributed by atoms with E-state index in [9.17, 15) is 9.59 Å². The smallest absolute Gasteiger partial charge is 0.228 e. The van der Waals surface area contributed by atoms with Crippen molar-refractivity contribution in [2.45, 2.75) is 19.3 Å². The number of anilines is 1. The van der Waals surface area contributed by atoms with Gasteiger partial charge in [0, 0.05) is 23.8 Å². The molecule has 1 unspecified atom stereocenters. The number of benzene rings is 1. The number of amides is 2. The summed E-state index contributed by atoms with van der Waals surface area (Å²) in [6.07, 6.45) is 2.84. The molecule has 2 atom stereocenters. The van der Waals surface area contributed by atoms with Crippen LogP contribution in [0.1, 0.15) is 19.3 Å². The first-order valence-corrected chi connectivity index (χ1v) is 7.38. The first-order valence-electron chi connectivity index (χ1n) is 7.00. The van der Waals surface area contributed by atoms with Crippen molar-refractivity contribution in [3.63, 3.8) is 0 Å². The van der Waals surface area contributed by atoms with Crippen molar-refractivity contribution in [3.8, 4) is 0 Å². The summed E-state index contributed by atoms with van der Waals surface area (Å²) < 4.78 is 0. The van der Waals surface area contributed by atoms with Gasteiger partial charge in [-0.05, 0) is 43.5 Å². The molecule has 106 valence electrons. The number of carbonyl (C=O) groups excluding carboxylic acids is 2. The van der Waals surface area contributed by atoms with E-state index >= 15 is 0 Å². The van der Waals surface area contributed by atoms with Crippen molar-refractivity contribution in [1.29, 1.82) is 0 Å². The SMILES string of the molecule is O=C(Nc1ccc(Cl)cc1)[C@@H]1CC1C(=O)N1CCCC1. The van der Waals surface area contributed by atoms with Gasteiger partial charge in [0.25, 0.3) is 0 Å². The Morgan fingerprint density at radius 2 is 1.75 bits per heavy atom. The Morgan fingerprint density at radius 1 is 1.10 bits per heavy atom. The van der Waals surface area contributed by atoms with Crippen molar-refractivity contribution in [1.82, 2.24) is 4.90 Å². The largest absolute Gasteiger partial charge is 0.342 e. The molecule has 5 heteroatoms. The summed E-state index contributed by atoms with van der Waals surface area (Å²) in [4.78, 5) is 26.1. The topological polar surface area (TPSA) is 49.4 Å². The molecule has 1 saturated carbocycles. The van der Waals surface area contributed by atoms with Crippen molar-refractivity contribution in [3.05, 3.63) is 29.3 Å². The van der Waals surface area contributed by atoms with Crippen molar-refractivity contribution in [2.24, 2.45) is 11.8 Å². The second-order valence-electron chi connectivity index (χ2n) is 5.48. The minimum absolute atomic E-state index is 0.0649. The van der Waals surface area contributed by atoms with Gasteiger partial charge in [0.05, 0.1) is 11.8 Å². The summed E-state index contributed by atoms with van der Waals surface area (Å²) in [5, 5.41) is 3.47. The van der Waals surface area contributed by atoms with Crippen LogP contribution < -0.4 is 5.32 Å². The Kier molecular flexibility index (Phi) is 3.66. The summed E-state index contributed by atoms with van der Waals surface area (Å²) in [6.45, 7) is 1.70. The van der Waals surface area contributed by atoms with Crippen molar-refractivity contribution < 1.29 is 9.59 Å². The van der Waals surface area contributed by atoms with Gasteiger partial charge >= 0.3 is 0 Å². The van der Waals surface area contributed by atoms with Gasteiger partial charge in [0.1, 0.15) is 0 Å². The molecule has 1 saturated heterocycles. The van der Waals surface area contributed by atoms with Crippen LogP contribution in [-0.2, 0) is 9.59 Å². The van der Waals surface area contributed by atoms with Gasteiger partial charge in [0.2, 0.25) is 11.8 Å². The van der Waals surface area contributed by atoms with Gasteiger partial charge in [-0.15, -0.1) is 0 Å². The highest BCUT2D eigenvalue weighted by molar-refractivity contribution is 6.30. The van der Waals surface area contributed by atoms with Gasteiger partial charge < -0.3 is 10.2 Å². The fraction of sp³-hybridized carbons (Fsp3) is 0.467. The number of rotatable bonds is 3. The summed E-state index contributed by atoms with van der Waals surface area (Å²) in [7, 11) is 0. The van der Waals surface area contributed by atoms with E-state index in [1.165, 1.54) is 0 Å². The molecule has 1 aliphatic heterocycles. The number of likely N-dealkylation sites (tertiary alicyclic amines) is 1. The van der Waals surface area contributed by atoms with Gasteiger partial charge in [-0.1, -0.05) is 11.6 Å². The highest BCUT2D eigenvalue weighted by atomic mass is 35.5. The summed E-state index contributed by atoms with van der Waals surface area (Å²) in [5.41, 5.74) is 0.721. The van der Waals surface area contributed by atoms with Crippen LogP contribution in [0.4, 0.5) is 5.69 Å². The number of halogens is 1. The summed E-state index contributed by atoms with van der Waals surface area (Å²) in [5.74, 6) is -0.192. The molecule has 0 aromatic heterocycles. The Labute approximate surface area is 123 Å². The van der Waals surface area contributed by atoms with Gasteiger partial charge in [-0.25, -0.2) is 0 Å². The predicted molar refractivity (Wildman–Crippen MR) is 77.5 cm³/mol. The highest BCUT2D eigenvalue weighted by Crippen LogP contribution is 2.41. The molecule has 2 aliphatic rings. The van der Waals surface area contributed by atoms with E-state index < -0.39 is 0 Å². The third-order valence-corrected chi connectivity index (χ3v) is 4.23. The fourth-order valence-electron chi connectivity index (χ4n) is 2.70. The van der Waals surface area contributed by atoms with E-state index in [0.717, 1.165) is 31.6 Å². The van der Waals surface area contributed by atoms with E-state index in [2.05, 4.69) is 5.32 Å². The molecule has 2 amide bonds. The van der Waals surface area contributed by atoms with Crippen LogP contribution in [0.15, 0.2) is 24.3 Å². The van der Waals surface area contributed by atoms with Crippen LogP contribution in [0.5, 0.6) is 0 Å². The van der Waals surface area contributed by atoms with E-state index in [1.54, 1.807) is 24.3 Å². The van der Waals surface area contributed by atoms with E-state index in [-0.39, 0.29) is 23.7 Å². The maximum Gasteiger partial charge on any atom is 0.228 e. The minimum atomic E-state index is -0.168. The van der Waals surface area contributed by atoms with E-state index in [0.29, 0.717) is 11.4 Å². The van der Waals surface area contributed by atoms with Crippen LogP contribution in [0, 0.1) is 11.8 Å². The van der Waals surface area contributed by atoms with Crippen molar-refractivity contribution >= 4 is 29.1 Å².